The number of thiocarbonyl (C=S) groups is 1. The smallest absolute Gasteiger partial charge is 0.171 e. The molecule has 114 valence electrons. The van der Waals surface area contributed by atoms with Gasteiger partial charge in [-0.1, -0.05) is 35.9 Å². The Kier molecular flexibility index (Phi) is 4.60. The summed E-state index contributed by atoms with van der Waals surface area (Å²) in [6, 6.07) is 13.1. The van der Waals surface area contributed by atoms with Gasteiger partial charge in [0, 0.05) is 5.69 Å². The van der Waals surface area contributed by atoms with Crippen LogP contribution in [0.3, 0.4) is 0 Å². The van der Waals surface area contributed by atoms with E-state index in [9.17, 15) is 4.39 Å². The summed E-state index contributed by atoms with van der Waals surface area (Å²) >= 11 is 11.1. The third-order valence-electron chi connectivity index (χ3n) is 3.85. The molecule has 1 aliphatic rings. The number of rotatable bonds is 2. The summed E-state index contributed by atoms with van der Waals surface area (Å²) in [5.41, 5.74) is 3.35. The SMILES string of the molecule is Fc1ccc(NC(=S)N[C@H]2CCCc3ccccc32)cc1Cl. The van der Waals surface area contributed by atoms with E-state index in [0.29, 0.717) is 10.8 Å². The molecule has 0 unspecified atom stereocenters. The fraction of sp³-hybridized carbons (Fsp3) is 0.235. The molecule has 0 amide bonds. The third-order valence-corrected chi connectivity index (χ3v) is 4.36. The van der Waals surface area contributed by atoms with Crippen LogP contribution in [-0.2, 0) is 6.42 Å². The molecule has 2 N–H and O–H groups in total. The van der Waals surface area contributed by atoms with Crippen LogP contribution in [0.2, 0.25) is 5.02 Å². The summed E-state index contributed by atoms with van der Waals surface area (Å²) in [6.07, 6.45) is 3.30. The predicted molar refractivity (Wildman–Crippen MR) is 92.9 cm³/mol. The van der Waals surface area contributed by atoms with Gasteiger partial charge < -0.3 is 10.6 Å². The number of nitrogens with one attached hydrogen (secondary N) is 2. The Bertz CT molecular complexity index is 705. The minimum atomic E-state index is -0.438. The predicted octanol–water partition coefficient (Wildman–Crippen LogP) is 4.84. The van der Waals surface area contributed by atoms with Crippen molar-refractivity contribution in [2.45, 2.75) is 25.3 Å². The number of anilines is 1. The zero-order chi connectivity index (χ0) is 15.5. The summed E-state index contributed by atoms with van der Waals surface area (Å²) in [5, 5.41) is 7.00. The lowest BCUT2D eigenvalue weighted by Crippen LogP contribution is -2.34. The number of hydrogen-bond acceptors (Lipinski definition) is 1. The number of aryl methyl sites for hydroxylation is 1. The molecule has 0 aliphatic heterocycles. The average molecular weight is 335 g/mol. The standard InChI is InChI=1S/C17H16ClFN2S/c18-14-10-12(8-9-15(14)19)20-17(22)21-16-7-3-5-11-4-1-2-6-13(11)16/h1-2,4,6,8-10,16H,3,5,7H2,(H2,20,21,22)/t16-/m0/s1. The molecule has 0 heterocycles. The first kappa shape index (κ1) is 15.3. The average Bonchev–Trinajstić information content (AvgIpc) is 2.51. The van der Waals surface area contributed by atoms with Crippen molar-refractivity contribution in [3.8, 4) is 0 Å². The van der Waals surface area contributed by atoms with Crippen LogP contribution in [-0.4, -0.2) is 5.11 Å². The van der Waals surface area contributed by atoms with Crippen LogP contribution in [0.15, 0.2) is 42.5 Å². The van der Waals surface area contributed by atoms with Gasteiger partial charge >= 0.3 is 0 Å². The maximum atomic E-state index is 13.2. The van der Waals surface area contributed by atoms with Crippen LogP contribution in [0.25, 0.3) is 0 Å². The van der Waals surface area contributed by atoms with Crippen molar-refractivity contribution in [3.05, 3.63) is 64.4 Å². The van der Waals surface area contributed by atoms with Crippen LogP contribution in [0.5, 0.6) is 0 Å². The Hall–Kier alpha value is -1.65. The largest absolute Gasteiger partial charge is 0.356 e. The van der Waals surface area contributed by atoms with Gasteiger partial charge in [0.2, 0.25) is 0 Å². The van der Waals surface area contributed by atoms with Crippen molar-refractivity contribution in [1.29, 1.82) is 0 Å². The first-order chi connectivity index (χ1) is 10.6. The Balaban J connectivity index is 1.69. The fourth-order valence-electron chi connectivity index (χ4n) is 2.80. The Labute approximate surface area is 139 Å². The maximum Gasteiger partial charge on any atom is 0.171 e. The van der Waals surface area contributed by atoms with Crippen molar-refractivity contribution in [2.24, 2.45) is 0 Å². The molecular formula is C17H16ClFN2S. The van der Waals surface area contributed by atoms with Crippen LogP contribution < -0.4 is 10.6 Å². The van der Waals surface area contributed by atoms with E-state index >= 15 is 0 Å². The number of benzene rings is 2. The van der Waals surface area contributed by atoms with Crippen LogP contribution in [0, 0.1) is 5.82 Å². The highest BCUT2D eigenvalue weighted by Crippen LogP contribution is 2.29. The van der Waals surface area contributed by atoms with Crippen LogP contribution >= 0.6 is 23.8 Å². The molecule has 0 bridgehead atoms. The maximum absolute atomic E-state index is 13.2. The molecule has 0 aromatic heterocycles. The third kappa shape index (κ3) is 3.39. The van der Waals surface area contributed by atoms with E-state index < -0.39 is 5.82 Å². The zero-order valence-electron chi connectivity index (χ0n) is 11.9. The van der Waals surface area contributed by atoms with Crippen LogP contribution in [0.1, 0.15) is 30.0 Å². The summed E-state index contributed by atoms with van der Waals surface area (Å²) in [5.74, 6) is -0.438. The first-order valence-electron chi connectivity index (χ1n) is 7.24. The van der Waals surface area contributed by atoms with E-state index in [1.54, 1.807) is 6.07 Å². The molecule has 1 atom stereocenters. The van der Waals surface area contributed by atoms with Crippen molar-refractivity contribution in [1.82, 2.24) is 5.32 Å². The Morgan fingerprint density at radius 3 is 2.86 bits per heavy atom. The minimum absolute atomic E-state index is 0.0795. The van der Waals surface area contributed by atoms with Crippen molar-refractivity contribution in [3.63, 3.8) is 0 Å². The molecule has 0 spiro atoms. The van der Waals surface area contributed by atoms with E-state index in [-0.39, 0.29) is 11.1 Å². The first-order valence-corrected chi connectivity index (χ1v) is 8.02. The molecule has 1 aliphatic carbocycles. The molecule has 2 aromatic rings. The monoisotopic (exact) mass is 334 g/mol. The second-order valence-corrected chi connectivity index (χ2v) is 6.19. The second-order valence-electron chi connectivity index (χ2n) is 5.37. The molecule has 0 saturated heterocycles. The molecule has 0 fully saturated rings. The highest BCUT2D eigenvalue weighted by Gasteiger charge is 2.20. The quantitative estimate of drug-likeness (QED) is 0.768. The molecule has 3 rings (SSSR count). The summed E-state index contributed by atoms with van der Waals surface area (Å²) in [4.78, 5) is 0. The van der Waals surface area contributed by atoms with E-state index in [1.807, 2.05) is 0 Å². The molecular weight excluding hydrogens is 319 g/mol. The number of hydrogen-bond donors (Lipinski definition) is 2. The molecule has 2 nitrogen and oxygen atoms in total. The summed E-state index contributed by atoms with van der Waals surface area (Å²) < 4.78 is 13.2. The van der Waals surface area contributed by atoms with E-state index in [4.69, 9.17) is 23.8 Å². The van der Waals surface area contributed by atoms with Crippen molar-refractivity contribution < 1.29 is 4.39 Å². The number of halogens is 2. The van der Waals surface area contributed by atoms with Crippen molar-refractivity contribution in [2.75, 3.05) is 5.32 Å². The van der Waals surface area contributed by atoms with Gasteiger partial charge in [0.25, 0.3) is 0 Å². The van der Waals surface area contributed by atoms with Gasteiger partial charge in [-0.25, -0.2) is 4.39 Å². The Morgan fingerprint density at radius 1 is 1.23 bits per heavy atom. The molecule has 22 heavy (non-hydrogen) atoms. The van der Waals surface area contributed by atoms with Gasteiger partial charge in [0.15, 0.2) is 5.11 Å². The van der Waals surface area contributed by atoms with Gasteiger partial charge in [-0.2, -0.15) is 0 Å². The normalized spacial score (nSPS) is 16.7. The van der Waals surface area contributed by atoms with Gasteiger partial charge in [-0.05, 0) is 60.8 Å². The molecule has 0 radical (unpaired) electrons. The molecule has 5 heteroatoms. The molecule has 0 saturated carbocycles. The summed E-state index contributed by atoms with van der Waals surface area (Å²) in [6.45, 7) is 0. The lowest BCUT2D eigenvalue weighted by molar-refractivity contribution is 0.529. The van der Waals surface area contributed by atoms with Gasteiger partial charge in [0.1, 0.15) is 5.82 Å². The van der Waals surface area contributed by atoms with E-state index in [2.05, 4.69) is 34.9 Å². The summed E-state index contributed by atoms with van der Waals surface area (Å²) in [7, 11) is 0. The topological polar surface area (TPSA) is 24.1 Å². The van der Waals surface area contributed by atoms with E-state index in [1.165, 1.54) is 23.3 Å². The van der Waals surface area contributed by atoms with Crippen molar-refractivity contribution >= 4 is 34.6 Å². The lowest BCUT2D eigenvalue weighted by Gasteiger charge is -2.27. The molecule has 2 aromatic carbocycles. The van der Waals surface area contributed by atoms with Gasteiger partial charge in [-0.15, -0.1) is 0 Å². The van der Waals surface area contributed by atoms with Crippen LogP contribution in [0.4, 0.5) is 10.1 Å². The fourth-order valence-corrected chi connectivity index (χ4v) is 3.24. The highest BCUT2D eigenvalue weighted by molar-refractivity contribution is 7.80. The number of fused-ring (bicyclic) bond motifs is 1. The minimum Gasteiger partial charge on any atom is -0.356 e. The van der Waals surface area contributed by atoms with E-state index in [0.717, 1.165) is 19.3 Å². The van der Waals surface area contributed by atoms with Gasteiger partial charge in [-0.3, -0.25) is 0 Å². The second kappa shape index (κ2) is 6.63. The lowest BCUT2D eigenvalue weighted by atomic mass is 9.88. The van der Waals surface area contributed by atoms with Gasteiger partial charge in [0.05, 0.1) is 11.1 Å². The highest BCUT2D eigenvalue weighted by atomic mass is 35.5. The zero-order valence-corrected chi connectivity index (χ0v) is 13.5. The Morgan fingerprint density at radius 2 is 2.05 bits per heavy atom.